The Balaban J connectivity index is 3.21. The van der Waals surface area contributed by atoms with Crippen molar-refractivity contribution in [2.24, 2.45) is 0 Å². The van der Waals surface area contributed by atoms with E-state index in [1.807, 2.05) is 14.1 Å². The van der Waals surface area contributed by atoms with Gasteiger partial charge < -0.3 is 15.4 Å². The van der Waals surface area contributed by atoms with Crippen LogP contribution in [0.15, 0.2) is 0 Å². The van der Waals surface area contributed by atoms with Gasteiger partial charge in [-0.3, -0.25) is 0 Å². The number of nitrogens with one attached hydrogen (secondary N) is 2. The molecule has 0 saturated carbocycles. The SMILES string of the molecule is CNCCC(C)OCCC(C)NC. The molecule has 0 aliphatic rings. The third kappa shape index (κ3) is 8.22. The molecule has 2 unspecified atom stereocenters. The highest BCUT2D eigenvalue weighted by atomic mass is 16.5. The standard InChI is InChI=1S/C10H24N2O/c1-9(12-4)6-8-13-10(2)5-7-11-3/h9-12H,5-8H2,1-4H3. The van der Waals surface area contributed by atoms with Crippen LogP contribution in [0.4, 0.5) is 0 Å². The topological polar surface area (TPSA) is 33.3 Å². The van der Waals surface area contributed by atoms with E-state index >= 15 is 0 Å². The molecule has 0 bridgehead atoms. The number of hydrogen-bond acceptors (Lipinski definition) is 3. The Morgan fingerprint density at radius 3 is 2.38 bits per heavy atom. The average molecular weight is 188 g/mol. The maximum absolute atomic E-state index is 5.64. The highest BCUT2D eigenvalue weighted by Gasteiger charge is 2.02. The van der Waals surface area contributed by atoms with Crippen LogP contribution < -0.4 is 10.6 Å². The van der Waals surface area contributed by atoms with Crippen LogP contribution in [0.2, 0.25) is 0 Å². The lowest BCUT2D eigenvalue weighted by atomic mass is 10.2. The molecule has 0 spiro atoms. The quantitative estimate of drug-likeness (QED) is 0.596. The van der Waals surface area contributed by atoms with Gasteiger partial charge in [-0.2, -0.15) is 0 Å². The van der Waals surface area contributed by atoms with Gasteiger partial charge in [-0.1, -0.05) is 0 Å². The highest BCUT2D eigenvalue weighted by Crippen LogP contribution is 1.98. The Bertz CT molecular complexity index is 109. The lowest BCUT2D eigenvalue weighted by Gasteiger charge is -2.15. The fourth-order valence-corrected chi connectivity index (χ4v) is 1.02. The van der Waals surface area contributed by atoms with Crippen LogP contribution in [0.25, 0.3) is 0 Å². The Labute approximate surface area is 82.2 Å². The van der Waals surface area contributed by atoms with Crippen molar-refractivity contribution in [1.82, 2.24) is 10.6 Å². The average Bonchev–Trinajstić information content (AvgIpc) is 2.14. The second-order valence-corrected chi connectivity index (χ2v) is 3.55. The summed E-state index contributed by atoms with van der Waals surface area (Å²) in [5.74, 6) is 0. The summed E-state index contributed by atoms with van der Waals surface area (Å²) in [5, 5.41) is 6.31. The molecule has 0 aromatic rings. The summed E-state index contributed by atoms with van der Waals surface area (Å²) >= 11 is 0. The Hall–Kier alpha value is -0.120. The Kier molecular flexibility index (Phi) is 8.40. The fraction of sp³-hybridized carbons (Fsp3) is 1.00. The van der Waals surface area contributed by atoms with Gasteiger partial charge in [-0.15, -0.1) is 0 Å². The van der Waals surface area contributed by atoms with Gasteiger partial charge >= 0.3 is 0 Å². The minimum Gasteiger partial charge on any atom is -0.378 e. The van der Waals surface area contributed by atoms with E-state index in [0.717, 1.165) is 26.0 Å². The molecule has 0 rings (SSSR count). The summed E-state index contributed by atoms with van der Waals surface area (Å²) in [5.41, 5.74) is 0. The monoisotopic (exact) mass is 188 g/mol. The highest BCUT2D eigenvalue weighted by molar-refractivity contribution is 4.57. The van der Waals surface area contributed by atoms with Gasteiger partial charge in [0.2, 0.25) is 0 Å². The summed E-state index contributed by atoms with van der Waals surface area (Å²) in [4.78, 5) is 0. The Morgan fingerprint density at radius 1 is 1.15 bits per heavy atom. The molecule has 0 heterocycles. The molecule has 13 heavy (non-hydrogen) atoms. The van der Waals surface area contributed by atoms with Crippen molar-refractivity contribution in [3.63, 3.8) is 0 Å². The summed E-state index contributed by atoms with van der Waals surface area (Å²) in [7, 11) is 3.95. The lowest BCUT2D eigenvalue weighted by molar-refractivity contribution is 0.0556. The van der Waals surface area contributed by atoms with Crippen molar-refractivity contribution >= 4 is 0 Å². The molecule has 0 aromatic carbocycles. The molecule has 0 aliphatic carbocycles. The zero-order valence-corrected chi connectivity index (χ0v) is 9.39. The summed E-state index contributed by atoms with van der Waals surface area (Å²) in [6.45, 7) is 6.18. The van der Waals surface area contributed by atoms with Crippen molar-refractivity contribution < 1.29 is 4.74 Å². The largest absolute Gasteiger partial charge is 0.378 e. The maximum atomic E-state index is 5.64. The minimum absolute atomic E-state index is 0.372. The molecule has 0 saturated heterocycles. The minimum atomic E-state index is 0.372. The van der Waals surface area contributed by atoms with Gasteiger partial charge in [0.25, 0.3) is 0 Å². The first-order valence-electron chi connectivity index (χ1n) is 5.14. The number of rotatable bonds is 8. The zero-order valence-electron chi connectivity index (χ0n) is 9.39. The number of hydrogen-bond donors (Lipinski definition) is 2. The predicted molar refractivity (Wildman–Crippen MR) is 57.1 cm³/mol. The van der Waals surface area contributed by atoms with E-state index in [9.17, 15) is 0 Å². The van der Waals surface area contributed by atoms with E-state index in [-0.39, 0.29) is 0 Å². The van der Waals surface area contributed by atoms with Gasteiger partial charge in [0.1, 0.15) is 0 Å². The zero-order chi connectivity index (χ0) is 10.1. The molecule has 0 radical (unpaired) electrons. The molecule has 80 valence electrons. The Morgan fingerprint density at radius 2 is 1.85 bits per heavy atom. The van der Waals surface area contributed by atoms with Crippen LogP contribution in [0.1, 0.15) is 26.7 Å². The second-order valence-electron chi connectivity index (χ2n) is 3.55. The normalized spacial score (nSPS) is 15.7. The van der Waals surface area contributed by atoms with E-state index in [0.29, 0.717) is 12.1 Å². The number of ether oxygens (including phenoxy) is 1. The molecular weight excluding hydrogens is 164 g/mol. The molecule has 3 nitrogen and oxygen atoms in total. The summed E-state index contributed by atoms with van der Waals surface area (Å²) < 4.78 is 5.64. The van der Waals surface area contributed by atoms with Crippen molar-refractivity contribution in [2.45, 2.75) is 38.8 Å². The van der Waals surface area contributed by atoms with Crippen molar-refractivity contribution in [1.29, 1.82) is 0 Å². The predicted octanol–water partition coefficient (Wildman–Crippen LogP) is 0.999. The third-order valence-electron chi connectivity index (χ3n) is 2.25. The first-order valence-corrected chi connectivity index (χ1v) is 5.14. The summed E-state index contributed by atoms with van der Waals surface area (Å²) in [6.07, 6.45) is 2.54. The molecule has 3 heteroatoms. The van der Waals surface area contributed by atoms with Gasteiger partial charge in [0.05, 0.1) is 6.10 Å². The fourth-order valence-electron chi connectivity index (χ4n) is 1.02. The smallest absolute Gasteiger partial charge is 0.0559 e. The van der Waals surface area contributed by atoms with E-state index in [2.05, 4.69) is 24.5 Å². The maximum Gasteiger partial charge on any atom is 0.0559 e. The van der Waals surface area contributed by atoms with Gasteiger partial charge in [-0.25, -0.2) is 0 Å². The van der Waals surface area contributed by atoms with Crippen molar-refractivity contribution in [3.8, 4) is 0 Å². The van der Waals surface area contributed by atoms with Gasteiger partial charge in [0, 0.05) is 12.6 Å². The van der Waals surface area contributed by atoms with E-state index in [4.69, 9.17) is 4.74 Å². The van der Waals surface area contributed by atoms with Crippen LogP contribution in [-0.2, 0) is 4.74 Å². The third-order valence-corrected chi connectivity index (χ3v) is 2.25. The molecule has 0 aromatic heterocycles. The summed E-state index contributed by atoms with van der Waals surface area (Å²) in [6, 6.07) is 0.552. The van der Waals surface area contributed by atoms with Crippen LogP contribution in [0.5, 0.6) is 0 Å². The molecule has 0 amide bonds. The van der Waals surface area contributed by atoms with Crippen LogP contribution in [0, 0.1) is 0 Å². The van der Waals surface area contributed by atoms with Gasteiger partial charge in [-0.05, 0) is 47.3 Å². The van der Waals surface area contributed by atoms with Crippen LogP contribution in [0.3, 0.4) is 0 Å². The van der Waals surface area contributed by atoms with E-state index < -0.39 is 0 Å². The van der Waals surface area contributed by atoms with E-state index in [1.165, 1.54) is 0 Å². The second kappa shape index (κ2) is 8.48. The molecular formula is C10H24N2O. The molecule has 2 N–H and O–H groups in total. The van der Waals surface area contributed by atoms with Crippen molar-refractivity contribution in [3.05, 3.63) is 0 Å². The van der Waals surface area contributed by atoms with Crippen LogP contribution in [-0.4, -0.2) is 39.4 Å². The molecule has 0 fully saturated rings. The van der Waals surface area contributed by atoms with Gasteiger partial charge in [0.15, 0.2) is 0 Å². The molecule has 2 atom stereocenters. The van der Waals surface area contributed by atoms with Crippen LogP contribution >= 0.6 is 0 Å². The first kappa shape index (κ1) is 12.9. The molecule has 0 aliphatic heterocycles. The lowest BCUT2D eigenvalue weighted by Crippen LogP contribution is -2.24. The van der Waals surface area contributed by atoms with Crippen molar-refractivity contribution in [2.75, 3.05) is 27.2 Å². The first-order chi connectivity index (χ1) is 6.20. The van der Waals surface area contributed by atoms with E-state index in [1.54, 1.807) is 0 Å².